The smallest absolute Gasteiger partial charge is 0.123 e. The van der Waals surface area contributed by atoms with Crippen LogP contribution in [0.5, 0.6) is 0 Å². The molecule has 1 heterocycles. The second-order valence-electron chi connectivity index (χ2n) is 4.42. The highest BCUT2D eigenvalue weighted by Crippen LogP contribution is 2.12. The van der Waals surface area contributed by atoms with Gasteiger partial charge in [-0.15, -0.1) is 0 Å². The van der Waals surface area contributed by atoms with Crippen molar-refractivity contribution >= 4 is 11.3 Å². The highest BCUT2D eigenvalue weighted by atomic mass is 32.1. The van der Waals surface area contributed by atoms with Crippen LogP contribution in [0.2, 0.25) is 0 Å². The van der Waals surface area contributed by atoms with Gasteiger partial charge in [-0.2, -0.15) is 11.3 Å². The SMILES string of the molecule is CCNC(Cc1ccc(F)cc1)Cc1ccsc1. The highest BCUT2D eigenvalue weighted by Gasteiger charge is 2.09. The summed E-state index contributed by atoms with van der Waals surface area (Å²) in [5.74, 6) is -0.170. The fraction of sp³-hybridized carbons (Fsp3) is 0.333. The molecule has 0 saturated heterocycles. The molecule has 0 aliphatic carbocycles. The first-order chi connectivity index (χ1) is 8.78. The molecule has 0 amide bonds. The summed E-state index contributed by atoms with van der Waals surface area (Å²) in [6.07, 6.45) is 1.96. The molecule has 0 fully saturated rings. The Hall–Kier alpha value is -1.19. The number of rotatable bonds is 6. The molecule has 0 aliphatic rings. The lowest BCUT2D eigenvalue weighted by Crippen LogP contribution is -2.32. The van der Waals surface area contributed by atoms with Gasteiger partial charge in [0.1, 0.15) is 5.82 Å². The molecule has 1 atom stereocenters. The van der Waals surface area contributed by atoms with E-state index in [2.05, 4.69) is 29.1 Å². The maximum atomic E-state index is 12.9. The maximum Gasteiger partial charge on any atom is 0.123 e. The Kier molecular flexibility index (Phi) is 4.90. The Morgan fingerprint density at radius 1 is 1.11 bits per heavy atom. The second kappa shape index (κ2) is 6.66. The molecule has 3 heteroatoms. The van der Waals surface area contributed by atoms with E-state index in [9.17, 15) is 4.39 Å². The zero-order valence-electron chi connectivity index (χ0n) is 10.5. The van der Waals surface area contributed by atoms with Crippen molar-refractivity contribution in [2.24, 2.45) is 0 Å². The predicted molar refractivity (Wildman–Crippen MR) is 75.6 cm³/mol. The number of likely N-dealkylation sites (N-methyl/N-ethyl adjacent to an activating group) is 1. The summed E-state index contributed by atoms with van der Waals surface area (Å²) in [5.41, 5.74) is 2.55. The first-order valence-electron chi connectivity index (χ1n) is 6.27. The van der Waals surface area contributed by atoms with Gasteiger partial charge < -0.3 is 5.32 Å². The highest BCUT2D eigenvalue weighted by molar-refractivity contribution is 7.07. The van der Waals surface area contributed by atoms with E-state index < -0.39 is 0 Å². The monoisotopic (exact) mass is 263 g/mol. The normalized spacial score (nSPS) is 12.6. The minimum absolute atomic E-state index is 0.170. The largest absolute Gasteiger partial charge is 0.314 e. The zero-order chi connectivity index (χ0) is 12.8. The zero-order valence-corrected chi connectivity index (χ0v) is 11.3. The lowest BCUT2D eigenvalue weighted by atomic mass is 10.0. The topological polar surface area (TPSA) is 12.0 Å². The number of nitrogens with one attached hydrogen (secondary N) is 1. The Bertz CT molecular complexity index is 450. The molecule has 1 N–H and O–H groups in total. The van der Waals surface area contributed by atoms with E-state index in [1.54, 1.807) is 11.3 Å². The van der Waals surface area contributed by atoms with E-state index in [0.29, 0.717) is 6.04 Å². The second-order valence-corrected chi connectivity index (χ2v) is 5.20. The molecule has 0 radical (unpaired) electrons. The maximum absolute atomic E-state index is 12.9. The van der Waals surface area contributed by atoms with Gasteiger partial charge in [0.25, 0.3) is 0 Å². The molecule has 0 aliphatic heterocycles. The van der Waals surface area contributed by atoms with Gasteiger partial charge in [0.2, 0.25) is 0 Å². The van der Waals surface area contributed by atoms with Gasteiger partial charge in [0, 0.05) is 6.04 Å². The molecule has 1 aromatic carbocycles. The minimum Gasteiger partial charge on any atom is -0.314 e. The molecule has 2 rings (SSSR count). The number of halogens is 1. The summed E-state index contributed by atoms with van der Waals surface area (Å²) in [7, 11) is 0. The van der Waals surface area contributed by atoms with Gasteiger partial charge in [-0.05, 0) is 59.5 Å². The molecule has 96 valence electrons. The summed E-state index contributed by atoms with van der Waals surface area (Å²) in [4.78, 5) is 0. The lowest BCUT2D eigenvalue weighted by molar-refractivity contribution is 0.521. The molecule has 0 spiro atoms. The lowest BCUT2D eigenvalue weighted by Gasteiger charge is -2.17. The van der Waals surface area contributed by atoms with Crippen molar-refractivity contribution in [3.63, 3.8) is 0 Å². The van der Waals surface area contributed by atoms with Crippen LogP contribution in [-0.4, -0.2) is 12.6 Å². The molecule has 18 heavy (non-hydrogen) atoms. The predicted octanol–water partition coefficient (Wildman–Crippen LogP) is 3.65. The third kappa shape index (κ3) is 3.93. The third-order valence-electron chi connectivity index (χ3n) is 2.95. The van der Waals surface area contributed by atoms with Crippen molar-refractivity contribution in [3.8, 4) is 0 Å². The van der Waals surface area contributed by atoms with Crippen LogP contribution in [0.1, 0.15) is 18.1 Å². The van der Waals surface area contributed by atoms with E-state index in [4.69, 9.17) is 0 Å². The standard InChI is InChI=1S/C15H18FNS/c1-2-17-15(10-13-7-8-18-11-13)9-12-3-5-14(16)6-4-12/h3-8,11,15,17H,2,9-10H2,1H3. The van der Waals surface area contributed by atoms with Crippen LogP contribution >= 0.6 is 11.3 Å². The van der Waals surface area contributed by atoms with Crippen LogP contribution in [-0.2, 0) is 12.8 Å². The van der Waals surface area contributed by atoms with E-state index in [-0.39, 0.29) is 5.82 Å². The summed E-state index contributed by atoms with van der Waals surface area (Å²) < 4.78 is 12.9. The summed E-state index contributed by atoms with van der Waals surface area (Å²) in [6.45, 7) is 3.07. The first-order valence-corrected chi connectivity index (χ1v) is 7.21. The van der Waals surface area contributed by atoms with Gasteiger partial charge in [-0.25, -0.2) is 4.39 Å². The van der Waals surface area contributed by atoms with Crippen LogP contribution in [0.25, 0.3) is 0 Å². The van der Waals surface area contributed by atoms with E-state index in [1.165, 1.54) is 23.3 Å². The molecule has 2 aromatic rings. The molecule has 1 aromatic heterocycles. The fourth-order valence-corrected chi connectivity index (χ4v) is 2.79. The van der Waals surface area contributed by atoms with Gasteiger partial charge in [-0.1, -0.05) is 19.1 Å². The van der Waals surface area contributed by atoms with E-state index in [0.717, 1.165) is 19.4 Å². The number of hydrogen-bond donors (Lipinski definition) is 1. The summed E-state index contributed by atoms with van der Waals surface area (Å²) in [6, 6.07) is 9.38. The quantitative estimate of drug-likeness (QED) is 0.839. The molecule has 1 unspecified atom stereocenters. The van der Waals surface area contributed by atoms with Crippen molar-refractivity contribution < 1.29 is 4.39 Å². The fourth-order valence-electron chi connectivity index (χ4n) is 2.10. The first kappa shape index (κ1) is 13.2. The minimum atomic E-state index is -0.170. The van der Waals surface area contributed by atoms with Gasteiger partial charge in [0.05, 0.1) is 0 Å². The average Bonchev–Trinajstić information content (AvgIpc) is 2.85. The van der Waals surface area contributed by atoms with Gasteiger partial charge >= 0.3 is 0 Å². The van der Waals surface area contributed by atoms with Crippen molar-refractivity contribution in [2.75, 3.05) is 6.54 Å². The van der Waals surface area contributed by atoms with Gasteiger partial charge in [-0.3, -0.25) is 0 Å². The van der Waals surface area contributed by atoms with Gasteiger partial charge in [0.15, 0.2) is 0 Å². The van der Waals surface area contributed by atoms with Crippen molar-refractivity contribution in [2.45, 2.75) is 25.8 Å². The summed E-state index contributed by atoms with van der Waals surface area (Å²) in [5, 5.41) is 7.79. The van der Waals surface area contributed by atoms with Crippen molar-refractivity contribution in [1.82, 2.24) is 5.32 Å². The average molecular weight is 263 g/mol. The summed E-state index contributed by atoms with van der Waals surface area (Å²) >= 11 is 1.73. The molecular weight excluding hydrogens is 245 g/mol. The number of benzene rings is 1. The van der Waals surface area contributed by atoms with Crippen LogP contribution in [0.15, 0.2) is 41.1 Å². The Morgan fingerprint density at radius 2 is 1.83 bits per heavy atom. The molecule has 0 saturated carbocycles. The molecule has 1 nitrogen and oxygen atoms in total. The number of thiophene rings is 1. The Morgan fingerprint density at radius 3 is 2.44 bits per heavy atom. The van der Waals surface area contributed by atoms with Crippen molar-refractivity contribution in [1.29, 1.82) is 0 Å². The Balaban J connectivity index is 1.99. The van der Waals surface area contributed by atoms with Crippen LogP contribution in [0.4, 0.5) is 4.39 Å². The number of hydrogen-bond acceptors (Lipinski definition) is 2. The van der Waals surface area contributed by atoms with E-state index >= 15 is 0 Å². The van der Waals surface area contributed by atoms with E-state index in [1.807, 2.05) is 12.1 Å². The molecule has 0 bridgehead atoms. The van der Waals surface area contributed by atoms with Crippen LogP contribution < -0.4 is 5.32 Å². The third-order valence-corrected chi connectivity index (χ3v) is 3.68. The van der Waals surface area contributed by atoms with Crippen LogP contribution in [0.3, 0.4) is 0 Å². The Labute approximate surface area is 112 Å². The molecular formula is C15H18FNS. The van der Waals surface area contributed by atoms with Crippen LogP contribution in [0, 0.1) is 5.82 Å². The van der Waals surface area contributed by atoms with Crippen molar-refractivity contribution in [3.05, 3.63) is 58.0 Å².